The molecular formula is C10H19NOS. The third-order valence-corrected chi connectivity index (χ3v) is 3.63. The van der Waals surface area contributed by atoms with Gasteiger partial charge in [0.15, 0.2) is 0 Å². The van der Waals surface area contributed by atoms with Gasteiger partial charge in [0.2, 0.25) is 0 Å². The minimum atomic E-state index is 0.232. The number of Topliss-reactive ketones (excluding diaryl/α,β-unsaturated/α-hetero) is 1. The molecular weight excluding hydrogens is 182 g/mol. The van der Waals surface area contributed by atoms with Gasteiger partial charge in [0.05, 0.1) is 0 Å². The fourth-order valence-corrected chi connectivity index (χ4v) is 2.21. The maximum Gasteiger partial charge on any atom is 0.138 e. The smallest absolute Gasteiger partial charge is 0.138 e. The molecule has 0 aliphatic carbocycles. The van der Waals surface area contributed by atoms with Crippen LogP contribution < -0.4 is 0 Å². The van der Waals surface area contributed by atoms with Gasteiger partial charge in [0.1, 0.15) is 5.78 Å². The van der Waals surface area contributed by atoms with Crippen molar-refractivity contribution in [2.75, 3.05) is 25.1 Å². The summed E-state index contributed by atoms with van der Waals surface area (Å²) in [5.74, 6) is 1.84. The Labute approximate surface area is 85.1 Å². The lowest BCUT2D eigenvalue weighted by molar-refractivity contribution is -0.127. The van der Waals surface area contributed by atoms with Gasteiger partial charge in [-0.15, -0.1) is 0 Å². The van der Waals surface area contributed by atoms with Crippen molar-refractivity contribution in [1.29, 1.82) is 0 Å². The molecule has 1 aliphatic heterocycles. The van der Waals surface area contributed by atoms with Crippen LogP contribution in [0.3, 0.4) is 0 Å². The first-order valence-electron chi connectivity index (χ1n) is 4.92. The van der Waals surface area contributed by atoms with Crippen LogP contribution in [-0.4, -0.2) is 41.8 Å². The van der Waals surface area contributed by atoms with E-state index in [4.69, 9.17) is 0 Å². The molecule has 1 rings (SSSR count). The van der Waals surface area contributed by atoms with E-state index >= 15 is 0 Å². The second kappa shape index (κ2) is 5.01. The topological polar surface area (TPSA) is 20.3 Å². The normalized spacial score (nSPS) is 30.8. The van der Waals surface area contributed by atoms with Crippen LogP contribution in [0, 0.1) is 5.92 Å². The first kappa shape index (κ1) is 11.1. The van der Waals surface area contributed by atoms with Crippen molar-refractivity contribution in [3.05, 3.63) is 0 Å². The van der Waals surface area contributed by atoms with E-state index in [9.17, 15) is 4.79 Å². The maximum atomic E-state index is 11.4. The van der Waals surface area contributed by atoms with E-state index in [1.165, 1.54) is 5.75 Å². The number of piperidine rings is 1. The Balaban J connectivity index is 2.44. The summed E-state index contributed by atoms with van der Waals surface area (Å²) < 4.78 is 0. The molecule has 2 unspecified atom stereocenters. The summed E-state index contributed by atoms with van der Waals surface area (Å²) in [5.41, 5.74) is 0. The van der Waals surface area contributed by atoms with E-state index in [0.29, 0.717) is 11.8 Å². The van der Waals surface area contributed by atoms with Crippen LogP contribution in [0.2, 0.25) is 0 Å². The first-order valence-corrected chi connectivity index (χ1v) is 6.32. The van der Waals surface area contributed by atoms with Gasteiger partial charge in [-0.05, 0) is 13.2 Å². The molecule has 0 spiro atoms. The number of carbonyl (C=O) groups is 1. The molecule has 0 bridgehead atoms. The van der Waals surface area contributed by atoms with Crippen LogP contribution in [0.5, 0.6) is 0 Å². The van der Waals surface area contributed by atoms with Crippen LogP contribution in [0.1, 0.15) is 20.3 Å². The molecule has 76 valence electrons. The molecule has 0 saturated carbocycles. The lowest BCUT2D eigenvalue weighted by atomic mass is 9.91. The van der Waals surface area contributed by atoms with E-state index < -0.39 is 0 Å². The largest absolute Gasteiger partial charge is 0.299 e. The van der Waals surface area contributed by atoms with Crippen molar-refractivity contribution in [1.82, 2.24) is 4.90 Å². The average Bonchev–Trinajstić information content (AvgIpc) is 2.13. The molecule has 1 heterocycles. The first-order chi connectivity index (χ1) is 6.16. The highest BCUT2D eigenvalue weighted by Crippen LogP contribution is 2.19. The lowest BCUT2D eigenvalue weighted by Gasteiger charge is -2.36. The Hall–Kier alpha value is -0.0200. The highest BCUT2D eigenvalue weighted by atomic mass is 32.2. The van der Waals surface area contributed by atoms with Crippen molar-refractivity contribution in [2.45, 2.75) is 26.3 Å². The molecule has 1 aliphatic rings. The summed E-state index contributed by atoms with van der Waals surface area (Å²) in [6, 6.07) is 0.438. The van der Waals surface area contributed by atoms with Gasteiger partial charge in [-0.1, -0.05) is 6.92 Å². The average molecular weight is 201 g/mol. The van der Waals surface area contributed by atoms with Gasteiger partial charge >= 0.3 is 0 Å². The number of hydrogen-bond donors (Lipinski definition) is 0. The Bertz CT molecular complexity index is 184. The lowest BCUT2D eigenvalue weighted by Crippen LogP contribution is -2.47. The number of rotatable bonds is 3. The molecule has 2 nitrogen and oxygen atoms in total. The summed E-state index contributed by atoms with van der Waals surface area (Å²) in [7, 11) is 0. The molecule has 3 heteroatoms. The third-order valence-electron chi connectivity index (χ3n) is 3.04. The molecule has 1 fully saturated rings. The van der Waals surface area contributed by atoms with Crippen LogP contribution in [-0.2, 0) is 4.79 Å². The number of carbonyl (C=O) groups excluding carboxylic acids is 1. The van der Waals surface area contributed by atoms with Crippen molar-refractivity contribution in [3.63, 3.8) is 0 Å². The van der Waals surface area contributed by atoms with Gasteiger partial charge < -0.3 is 0 Å². The van der Waals surface area contributed by atoms with Crippen LogP contribution in [0.25, 0.3) is 0 Å². The molecule has 0 radical (unpaired) electrons. The monoisotopic (exact) mass is 201 g/mol. The molecule has 0 aromatic heterocycles. The highest BCUT2D eigenvalue weighted by Gasteiger charge is 2.29. The number of nitrogens with zero attached hydrogens (tertiary/aromatic N) is 1. The minimum Gasteiger partial charge on any atom is -0.299 e. The van der Waals surface area contributed by atoms with Gasteiger partial charge in [0.25, 0.3) is 0 Å². The Morgan fingerprint density at radius 2 is 2.23 bits per heavy atom. The number of thioether (sulfide) groups is 1. The SMILES string of the molecule is CSCCN1CCC(=O)C(C)C1C. The highest BCUT2D eigenvalue weighted by molar-refractivity contribution is 7.98. The molecule has 0 N–H and O–H groups in total. The Kier molecular flexibility index (Phi) is 4.26. The number of hydrogen-bond acceptors (Lipinski definition) is 3. The summed E-state index contributed by atoms with van der Waals surface area (Å²) in [6.45, 7) is 6.31. The van der Waals surface area contributed by atoms with Crippen LogP contribution in [0.15, 0.2) is 0 Å². The fraction of sp³-hybridized carbons (Fsp3) is 0.900. The second-order valence-electron chi connectivity index (χ2n) is 3.77. The third kappa shape index (κ3) is 2.71. The standard InChI is InChI=1S/C10H19NOS/c1-8-9(2)11(6-7-13-3)5-4-10(8)12/h8-9H,4-7H2,1-3H3. The van der Waals surface area contributed by atoms with E-state index in [2.05, 4.69) is 25.0 Å². The van der Waals surface area contributed by atoms with E-state index in [1.54, 1.807) is 0 Å². The summed E-state index contributed by atoms with van der Waals surface area (Å²) in [4.78, 5) is 13.8. The molecule has 0 amide bonds. The zero-order valence-electron chi connectivity index (χ0n) is 8.75. The molecule has 2 atom stereocenters. The summed E-state index contributed by atoms with van der Waals surface area (Å²) in [5, 5.41) is 0. The Morgan fingerprint density at radius 3 is 2.85 bits per heavy atom. The van der Waals surface area contributed by atoms with E-state index in [-0.39, 0.29) is 5.92 Å². The molecule has 0 aromatic rings. The summed E-state index contributed by atoms with van der Waals surface area (Å²) >= 11 is 1.87. The summed E-state index contributed by atoms with van der Waals surface area (Å²) in [6.07, 6.45) is 2.88. The predicted molar refractivity (Wildman–Crippen MR) is 58.2 cm³/mol. The van der Waals surface area contributed by atoms with Crippen molar-refractivity contribution in [2.24, 2.45) is 5.92 Å². The quantitative estimate of drug-likeness (QED) is 0.692. The molecule has 13 heavy (non-hydrogen) atoms. The van der Waals surface area contributed by atoms with E-state index in [1.807, 2.05) is 11.8 Å². The van der Waals surface area contributed by atoms with Crippen molar-refractivity contribution < 1.29 is 4.79 Å². The zero-order chi connectivity index (χ0) is 9.84. The number of ketones is 1. The zero-order valence-corrected chi connectivity index (χ0v) is 9.56. The van der Waals surface area contributed by atoms with E-state index in [0.717, 1.165) is 19.5 Å². The molecule has 0 aromatic carbocycles. The molecule has 1 saturated heterocycles. The Morgan fingerprint density at radius 1 is 1.54 bits per heavy atom. The van der Waals surface area contributed by atoms with Gasteiger partial charge in [0, 0.05) is 37.2 Å². The second-order valence-corrected chi connectivity index (χ2v) is 4.76. The number of likely N-dealkylation sites (tertiary alicyclic amines) is 1. The minimum absolute atomic E-state index is 0.232. The van der Waals surface area contributed by atoms with Crippen LogP contribution in [0.4, 0.5) is 0 Å². The van der Waals surface area contributed by atoms with Gasteiger partial charge in [-0.3, -0.25) is 9.69 Å². The van der Waals surface area contributed by atoms with Crippen molar-refractivity contribution in [3.8, 4) is 0 Å². The maximum absolute atomic E-state index is 11.4. The van der Waals surface area contributed by atoms with Gasteiger partial charge in [-0.2, -0.15) is 11.8 Å². The van der Waals surface area contributed by atoms with Crippen molar-refractivity contribution >= 4 is 17.5 Å². The van der Waals surface area contributed by atoms with Crippen LogP contribution >= 0.6 is 11.8 Å². The van der Waals surface area contributed by atoms with Gasteiger partial charge in [-0.25, -0.2) is 0 Å². The predicted octanol–water partition coefficient (Wildman–Crippen LogP) is 1.65. The fourth-order valence-electron chi connectivity index (χ4n) is 1.79.